The highest BCUT2D eigenvalue weighted by Gasteiger charge is 2.20. The molecule has 0 bridgehead atoms. The third-order valence-corrected chi connectivity index (χ3v) is 4.48. The Morgan fingerprint density at radius 2 is 1.92 bits per heavy atom. The van der Waals surface area contributed by atoms with Crippen molar-refractivity contribution in [2.24, 2.45) is 0 Å². The molecule has 0 saturated carbocycles. The van der Waals surface area contributed by atoms with Crippen LogP contribution in [0, 0.1) is 13.8 Å². The first-order chi connectivity index (χ1) is 12.5. The normalized spacial score (nSPS) is 10.7. The summed E-state index contributed by atoms with van der Waals surface area (Å²) in [6, 6.07) is 12.7. The van der Waals surface area contributed by atoms with Crippen LogP contribution >= 0.6 is 0 Å². The van der Waals surface area contributed by atoms with Gasteiger partial charge in [0.15, 0.2) is 5.43 Å². The first-order valence-electron chi connectivity index (χ1n) is 8.64. The van der Waals surface area contributed by atoms with Crippen LogP contribution in [0.1, 0.15) is 40.0 Å². The van der Waals surface area contributed by atoms with Crippen LogP contribution in [-0.2, 0) is 13.0 Å². The third-order valence-electron chi connectivity index (χ3n) is 4.48. The Morgan fingerprint density at radius 1 is 1.15 bits per heavy atom. The molecule has 0 aliphatic heterocycles. The first-order valence-corrected chi connectivity index (χ1v) is 8.64. The van der Waals surface area contributed by atoms with Crippen molar-refractivity contribution in [3.63, 3.8) is 0 Å². The van der Waals surface area contributed by atoms with Crippen LogP contribution in [0.5, 0.6) is 0 Å². The number of hydrogen-bond acceptors (Lipinski definition) is 3. The number of pyridine rings is 1. The average Bonchev–Trinajstić information content (AvgIpc) is 3.12. The molecule has 26 heavy (non-hydrogen) atoms. The molecule has 5 heteroatoms. The minimum Gasteiger partial charge on any atom is -0.467 e. The summed E-state index contributed by atoms with van der Waals surface area (Å²) in [5, 5.41) is 2.87. The molecule has 0 aliphatic carbocycles. The third kappa shape index (κ3) is 3.47. The number of carbonyl (C=O) groups is 1. The minimum atomic E-state index is -0.380. The Hall–Kier alpha value is -3.08. The van der Waals surface area contributed by atoms with Crippen molar-refractivity contribution in [1.82, 2.24) is 4.57 Å². The summed E-state index contributed by atoms with van der Waals surface area (Å²) >= 11 is 0. The lowest BCUT2D eigenvalue weighted by Gasteiger charge is -2.18. The van der Waals surface area contributed by atoms with Gasteiger partial charge in [-0.1, -0.05) is 25.1 Å². The largest absolute Gasteiger partial charge is 0.467 e. The summed E-state index contributed by atoms with van der Waals surface area (Å²) in [5.74, 6) is 0.394. The quantitative estimate of drug-likeness (QED) is 0.758. The molecular weight excluding hydrogens is 328 g/mol. The molecule has 0 unspecified atom stereocenters. The van der Waals surface area contributed by atoms with Gasteiger partial charge in [-0.15, -0.1) is 0 Å². The summed E-state index contributed by atoms with van der Waals surface area (Å²) in [7, 11) is 0. The number of para-hydroxylation sites is 1. The maximum Gasteiger partial charge on any atom is 0.261 e. The van der Waals surface area contributed by atoms with E-state index in [9.17, 15) is 9.59 Å². The Labute approximate surface area is 152 Å². The van der Waals surface area contributed by atoms with E-state index >= 15 is 0 Å². The molecule has 5 nitrogen and oxygen atoms in total. The Morgan fingerprint density at radius 3 is 2.58 bits per heavy atom. The molecule has 0 atom stereocenters. The average molecular weight is 350 g/mol. The summed E-state index contributed by atoms with van der Waals surface area (Å²) in [6.07, 6.45) is 2.18. The zero-order valence-electron chi connectivity index (χ0n) is 15.2. The summed E-state index contributed by atoms with van der Waals surface area (Å²) in [4.78, 5) is 25.5. The molecule has 0 spiro atoms. The number of rotatable bonds is 5. The molecule has 2 heterocycles. The van der Waals surface area contributed by atoms with Crippen LogP contribution in [0.2, 0.25) is 0 Å². The molecule has 0 aliphatic rings. The van der Waals surface area contributed by atoms with Crippen LogP contribution in [-0.4, -0.2) is 10.5 Å². The van der Waals surface area contributed by atoms with E-state index in [-0.39, 0.29) is 16.9 Å². The number of aryl methyl sites for hydroxylation is 2. The second kappa shape index (κ2) is 7.44. The molecular formula is C21H22N2O3. The van der Waals surface area contributed by atoms with Gasteiger partial charge in [0.1, 0.15) is 11.3 Å². The molecule has 2 aromatic heterocycles. The van der Waals surface area contributed by atoms with E-state index in [2.05, 4.69) is 5.32 Å². The second-order valence-corrected chi connectivity index (χ2v) is 6.26. The summed E-state index contributed by atoms with van der Waals surface area (Å²) in [5.41, 5.74) is 3.08. The number of benzene rings is 1. The van der Waals surface area contributed by atoms with Crippen molar-refractivity contribution in [3.05, 3.63) is 87.2 Å². The lowest BCUT2D eigenvalue weighted by atomic mass is 10.1. The van der Waals surface area contributed by atoms with Gasteiger partial charge in [-0.25, -0.2) is 0 Å². The SMILES string of the molecule is CCc1c(C(=O)Nc2ccccc2C)c(=O)cc(C)n1Cc1ccco1. The summed E-state index contributed by atoms with van der Waals surface area (Å²) < 4.78 is 7.40. The number of nitrogens with one attached hydrogen (secondary N) is 1. The number of furan rings is 1. The summed E-state index contributed by atoms with van der Waals surface area (Å²) in [6.45, 7) is 6.21. The van der Waals surface area contributed by atoms with Gasteiger partial charge in [-0.3, -0.25) is 9.59 Å². The van der Waals surface area contributed by atoms with E-state index in [0.29, 0.717) is 24.3 Å². The molecule has 1 N–H and O–H groups in total. The van der Waals surface area contributed by atoms with Crippen LogP contribution in [0.25, 0.3) is 0 Å². The number of aromatic nitrogens is 1. The van der Waals surface area contributed by atoms with Gasteiger partial charge in [0, 0.05) is 23.1 Å². The smallest absolute Gasteiger partial charge is 0.261 e. The predicted octanol–water partition coefficient (Wildman–Crippen LogP) is 3.92. The standard InChI is InChI=1S/C21H22N2O3/c1-4-18-20(21(25)22-17-10-6-5-8-14(17)2)19(24)12-15(3)23(18)13-16-9-7-11-26-16/h5-12H,4,13H2,1-3H3,(H,22,25). The fourth-order valence-corrected chi connectivity index (χ4v) is 3.12. The Bertz CT molecular complexity index is 985. The number of nitrogens with zero attached hydrogens (tertiary/aromatic N) is 1. The first kappa shape index (κ1) is 17.7. The van der Waals surface area contributed by atoms with E-state index < -0.39 is 0 Å². The van der Waals surface area contributed by atoms with Crippen LogP contribution < -0.4 is 10.7 Å². The highest BCUT2D eigenvalue weighted by molar-refractivity contribution is 6.05. The lowest BCUT2D eigenvalue weighted by molar-refractivity contribution is 0.102. The van der Waals surface area contributed by atoms with Crippen molar-refractivity contribution in [3.8, 4) is 0 Å². The van der Waals surface area contributed by atoms with Crippen molar-refractivity contribution in [2.45, 2.75) is 33.7 Å². The van der Waals surface area contributed by atoms with Gasteiger partial charge in [-0.2, -0.15) is 0 Å². The number of hydrogen-bond donors (Lipinski definition) is 1. The Kier molecular flexibility index (Phi) is 5.07. The van der Waals surface area contributed by atoms with E-state index in [1.165, 1.54) is 6.07 Å². The minimum absolute atomic E-state index is 0.188. The molecule has 1 amide bonds. The second-order valence-electron chi connectivity index (χ2n) is 6.26. The van der Waals surface area contributed by atoms with E-state index in [4.69, 9.17) is 4.42 Å². The van der Waals surface area contributed by atoms with Crippen LogP contribution in [0.3, 0.4) is 0 Å². The monoisotopic (exact) mass is 350 g/mol. The van der Waals surface area contributed by atoms with Crippen molar-refractivity contribution in [1.29, 1.82) is 0 Å². The van der Waals surface area contributed by atoms with E-state index in [0.717, 1.165) is 17.0 Å². The molecule has 3 rings (SSSR count). The topological polar surface area (TPSA) is 64.2 Å². The molecule has 0 radical (unpaired) electrons. The molecule has 134 valence electrons. The zero-order valence-corrected chi connectivity index (χ0v) is 15.2. The van der Waals surface area contributed by atoms with Gasteiger partial charge in [0.2, 0.25) is 0 Å². The maximum atomic E-state index is 12.9. The highest BCUT2D eigenvalue weighted by Crippen LogP contribution is 2.17. The number of amides is 1. The van der Waals surface area contributed by atoms with E-state index in [1.807, 2.05) is 61.7 Å². The van der Waals surface area contributed by atoms with Crippen LogP contribution in [0.4, 0.5) is 5.69 Å². The predicted molar refractivity (Wildman–Crippen MR) is 102 cm³/mol. The number of carbonyl (C=O) groups excluding carboxylic acids is 1. The lowest BCUT2D eigenvalue weighted by Crippen LogP contribution is -2.28. The van der Waals surface area contributed by atoms with Crippen molar-refractivity contribution >= 4 is 11.6 Å². The molecule has 0 saturated heterocycles. The molecule has 3 aromatic rings. The highest BCUT2D eigenvalue weighted by atomic mass is 16.3. The molecule has 0 fully saturated rings. The van der Waals surface area contributed by atoms with Crippen LogP contribution in [0.15, 0.2) is 57.9 Å². The molecule has 1 aromatic carbocycles. The maximum absolute atomic E-state index is 12.9. The Balaban J connectivity index is 2.04. The van der Waals surface area contributed by atoms with E-state index in [1.54, 1.807) is 6.26 Å². The van der Waals surface area contributed by atoms with Gasteiger partial charge >= 0.3 is 0 Å². The fraction of sp³-hybridized carbons (Fsp3) is 0.238. The van der Waals surface area contributed by atoms with Gasteiger partial charge in [0.05, 0.1) is 12.8 Å². The van der Waals surface area contributed by atoms with Crippen molar-refractivity contribution < 1.29 is 9.21 Å². The fourth-order valence-electron chi connectivity index (χ4n) is 3.12. The van der Waals surface area contributed by atoms with Crippen molar-refractivity contribution in [2.75, 3.05) is 5.32 Å². The van der Waals surface area contributed by atoms with Gasteiger partial charge < -0.3 is 14.3 Å². The number of anilines is 1. The van der Waals surface area contributed by atoms with Gasteiger partial charge in [-0.05, 0) is 44.0 Å². The van der Waals surface area contributed by atoms with Gasteiger partial charge in [0.25, 0.3) is 5.91 Å². The zero-order chi connectivity index (χ0) is 18.7.